The molecule has 2 aliphatic rings. The lowest BCUT2D eigenvalue weighted by molar-refractivity contribution is -0.138. The zero-order valence-electron chi connectivity index (χ0n) is 75.6. The van der Waals surface area contributed by atoms with Crippen molar-refractivity contribution in [3.63, 3.8) is 0 Å². The van der Waals surface area contributed by atoms with Gasteiger partial charge in [-0.05, 0) is 411 Å². The number of halogens is 15. The van der Waals surface area contributed by atoms with Crippen LogP contribution in [0.5, 0.6) is 51.7 Å². The van der Waals surface area contributed by atoms with E-state index in [0.29, 0.717) is 108 Å². The minimum atomic E-state index is -4.45. The fourth-order valence-electron chi connectivity index (χ4n) is 12.9. The van der Waals surface area contributed by atoms with Crippen LogP contribution >= 0.6 is 135 Å². The van der Waals surface area contributed by atoms with Crippen molar-refractivity contribution in [3.8, 4) is 57.8 Å². The summed E-state index contributed by atoms with van der Waals surface area (Å²) < 4.78 is 101. The number of ether oxygens (including phenoxy) is 4. The average Bonchev–Trinajstić information content (AvgIpc) is 1.67. The van der Waals surface area contributed by atoms with Crippen molar-refractivity contribution < 1.29 is 81.0 Å². The minimum Gasteiger partial charge on any atom is -0.506 e. The van der Waals surface area contributed by atoms with Crippen molar-refractivity contribution in [1.82, 2.24) is 20.4 Å². The van der Waals surface area contributed by atoms with Gasteiger partial charge < -0.3 is 54.7 Å². The summed E-state index contributed by atoms with van der Waals surface area (Å²) in [5.41, 5.74) is 17.1. The minimum absolute atomic E-state index is 0.00242. The van der Waals surface area contributed by atoms with Crippen LogP contribution in [0, 0.1) is 59.8 Å². The number of fused-ring (bicyclic) bond motifs is 3. The number of nitriles is 1. The Morgan fingerprint density at radius 3 is 0.972 bits per heavy atom. The molecule has 0 radical (unpaired) electrons. The molecule has 0 aliphatic carbocycles. The molecule has 8 N–H and O–H groups in total. The Hall–Kier alpha value is -12.8. The van der Waals surface area contributed by atoms with Gasteiger partial charge in [0.05, 0.1) is 111 Å². The van der Waals surface area contributed by atoms with Gasteiger partial charge in [-0.3, -0.25) is 30.0 Å². The number of pyridine rings is 1. The van der Waals surface area contributed by atoms with Gasteiger partial charge in [0.15, 0.2) is 19.4 Å². The van der Waals surface area contributed by atoms with Gasteiger partial charge >= 0.3 is 12.4 Å². The largest absolute Gasteiger partial charge is 0.506 e. The number of nitrogens with one attached hydrogen (secondary N) is 1. The van der Waals surface area contributed by atoms with Gasteiger partial charge in [-0.1, -0.05) is 29.3 Å². The molecular weight excluding hydrogens is 2340 g/mol. The second-order valence-corrected chi connectivity index (χ2v) is 37.9. The number of benzene rings is 13. The molecule has 13 aromatic carbocycles. The molecule has 2 aliphatic heterocycles. The van der Waals surface area contributed by atoms with Crippen LogP contribution in [0.2, 0.25) is 10.0 Å². The van der Waals surface area contributed by atoms with Crippen LogP contribution in [0.15, 0.2) is 291 Å². The molecule has 4 heterocycles. The van der Waals surface area contributed by atoms with Crippen LogP contribution in [0.25, 0.3) is 11.0 Å². The van der Waals surface area contributed by atoms with Crippen LogP contribution in [0.4, 0.5) is 66.3 Å². The maximum atomic E-state index is 12.6. The number of aromatic nitrogens is 4. The highest BCUT2D eigenvalue weighted by Gasteiger charge is 2.32. The Bertz CT molecular complexity index is 7130. The Balaban J connectivity index is 0.000000158. The van der Waals surface area contributed by atoms with E-state index >= 15 is 0 Å². The van der Waals surface area contributed by atoms with E-state index in [1.54, 1.807) is 91.9 Å². The summed E-state index contributed by atoms with van der Waals surface area (Å²) in [5, 5.41) is 88.6. The molecule has 0 unspecified atom stereocenters. The van der Waals surface area contributed by atoms with Crippen molar-refractivity contribution in [2.75, 3.05) is 13.6 Å². The predicted octanol–water partition coefficient (Wildman–Crippen LogP) is 31.1. The van der Waals surface area contributed by atoms with Crippen LogP contribution < -0.4 is 9.47 Å². The van der Waals surface area contributed by atoms with Crippen LogP contribution in [-0.4, -0.2) is 113 Å². The van der Waals surface area contributed by atoms with Gasteiger partial charge in [-0.15, -0.1) is 0 Å². The van der Waals surface area contributed by atoms with Gasteiger partial charge in [0.25, 0.3) is 0 Å². The molecule has 0 saturated heterocycles. The summed E-state index contributed by atoms with van der Waals surface area (Å²) in [6, 6.07) is 62.7. The van der Waals surface area contributed by atoms with E-state index in [2.05, 4.69) is 173 Å². The number of H-pyrrole nitrogens is 1. The molecule has 17 rings (SSSR count). The number of alkyl halides is 6. The van der Waals surface area contributed by atoms with Crippen molar-refractivity contribution in [3.05, 3.63) is 372 Å². The first-order valence-electron chi connectivity index (χ1n) is 41.9. The number of aliphatic imine (C=N–C) groups is 7. The molecule has 0 bridgehead atoms. The zero-order valence-corrected chi connectivity index (χ0v) is 88.2. The summed E-state index contributed by atoms with van der Waals surface area (Å²) in [6.45, 7) is 15.1. The molecule has 0 fully saturated rings. The van der Waals surface area contributed by atoms with Crippen LogP contribution in [0.3, 0.4) is 0 Å². The molecule has 2 aromatic heterocycles. The van der Waals surface area contributed by atoms with E-state index in [4.69, 9.17) is 47.4 Å². The van der Waals surface area contributed by atoms with Gasteiger partial charge in [0.2, 0.25) is 0 Å². The first-order valence-corrected chi connectivity index (χ1v) is 48.2. The molecule has 0 atom stereocenters. The third-order valence-electron chi connectivity index (χ3n) is 19.8. The molecule has 0 spiro atoms. The molecule has 15 aromatic rings. The van der Waals surface area contributed by atoms with Gasteiger partial charge in [0, 0.05) is 99.8 Å². The quantitative estimate of drug-likeness (QED) is 0.0370. The fraction of sp³-hybridized carbons (Fsp3) is 0.125. The number of phenolic OH excluding ortho intramolecular Hbond substituents is 7. The standard InChI is InChI=1S/2C16H14BrNO3.2C15H10BrClF3NO.C15H11BrN2O.C14H11BrN4O.C13H11BrN2O/c2*1-10-4-11(16(19)14(17)5-10)7-18-13-2-3-15-12(6-13)8-20-9-21-15;2*1-8-4-9(14(22)11(16)5-8)7-21-13-3-2-10(6-12(13)17)15(18,19)20;1-10-6-12(15(19)14(16)7-10)9-18-13-4-2-11(8-17)3-5-13;1-8-4-9(14(20)11(15)5-8)7-16-10-2-3-12-13(6-10)18-19-17-12;1-9-6-10(13(17)11(14)7-9)8-16-12-4-2-3-5-15-12/h2*2-7,19H,8-9H2,1H3;2*2-7,22H,1H3;2-7,9,19H,1H3;2-7,20H,1H3,(H,17,18,19);2-8,17H,1H3. The third kappa shape index (κ3) is 32.1. The molecule has 142 heavy (non-hydrogen) atoms. The second kappa shape index (κ2) is 51.3. The van der Waals surface area contributed by atoms with Crippen molar-refractivity contribution in [1.29, 1.82) is 5.26 Å². The Morgan fingerprint density at radius 1 is 0.352 bits per heavy atom. The summed E-state index contributed by atoms with van der Waals surface area (Å²) in [7, 11) is 0. The lowest BCUT2D eigenvalue weighted by Gasteiger charge is -2.17. The Morgan fingerprint density at radius 2 is 0.655 bits per heavy atom. The monoisotopic (exact) mass is 2410 g/mol. The average molecular weight is 2420 g/mol. The topological polar surface area (TPSA) is 343 Å². The first-order chi connectivity index (χ1) is 67.5. The number of rotatable bonds is 14. The van der Waals surface area contributed by atoms with E-state index in [0.717, 1.165) is 120 Å². The summed E-state index contributed by atoms with van der Waals surface area (Å²) in [5.74, 6) is 3.20. The maximum Gasteiger partial charge on any atom is 0.416 e. The SMILES string of the molecule is Cc1cc(Br)c(O)c(C=Nc2ccc(C#N)cc2)c1.Cc1cc(Br)c(O)c(C=Nc2ccc(C(F)(F)F)cc2Cl)c1.Cc1cc(Br)c(O)c(C=Nc2ccc(C(F)(F)F)cc2Cl)c1.Cc1cc(Br)c(O)c(C=Nc2ccc3c(c2)COCO3)c1.Cc1cc(Br)c(O)c(C=Nc2ccc3c(c2)COCO3)c1.Cc1cc(Br)c(O)c(C=Nc2ccc3n[nH]nc3c2)c1.Cc1cc(Br)c(O)c(C=Nc2ccccn2)c1. The van der Waals surface area contributed by atoms with Gasteiger partial charge in [-0.25, -0.2) is 9.98 Å². The van der Waals surface area contributed by atoms with Gasteiger partial charge in [0.1, 0.15) is 62.8 Å². The number of hydrogen-bond acceptors (Lipinski definition) is 22. The van der Waals surface area contributed by atoms with Crippen LogP contribution in [0.1, 0.15) is 106 Å². The van der Waals surface area contributed by atoms with Crippen molar-refractivity contribution in [2.24, 2.45) is 34.9 Å². The van der Waals surface area contributed by atoms with E-state index in [9.17, 15) is 62.1 Å². The molecule has 0 saturated carbocycles. The number of phenols is 7. The highest BCUT2D eigenvalue weighted by Crippen LogP contribution is 2.42. The van der Waals surface area contributed by atoms with E-state index < -0.39 is 23.5 Å². The smallest absolute Gasteiger partial charge is 0.416 e. The molecule has 23 nitrogen and oxygen atoms in total. The maximum absolute atomic E-state index is 12.6. The summed E-state index contributed by atoms with van der Waals surface area (Å²) in [4.78, 5) is 33.8. The fourth-order valence-corrected chi connectivity index (χ4v) is 17.4. The van der Waals surface area contributed by atoms with Crippen molar-refractivity contribution in [2.45, 2.75) is 74.0 Å². The molecular formula is C104H81Br7Cl2F6N12O11. The summed E-state index contributed by atoms with van der Waals surface area (Å²) >= 11 is 34.6. The number of hydrogen-bond donors (Lipinski definition) is 8. The highest BCUT2D eigenvalue weighted by molar-refractivity contribution is 9.11. The second-order valence-electron chi connectivity index (χ2n) is 31.1. The normalized spacial score (nSPS) is 12.2. The molecule has 38 heteroatoms. The first kappa shape index (κ1) is 110. The molecule has 0 amide bonds. The summed E-state index contributed by atoms with van der Waals surface area (Å²) in [6.07, 6.45) is 3.62. The Labute approximate surface area is 880 Å². The number of aromatic amines is 1. The zero-order chi connectivity index (χ0) is 103. The lowest BCUT2D eigenvalue weighted by Crippen LogP contribution is -2.10. The van der Waals surface area contributed by atoms with Gasteiger partial charge in [-0.2, -0.15) is 47.0 Å². The Kier molecular flexibility index (Phi) is 39.6. The van der Waals surface area contributed by atoms with E-state index in [1.165, 1.54) is 24.6 Å². The number of nitrogens with zero attached hydrogens (tertiary/aromatic N) is 11. The number of aryl methyl sites for hydroxylation is 7. The predicted molar refractivity (Wildman–Crippen MR) is 570 cm³/mol. The number of aromatic hydroxyl groups is 7. The van der Waals surface area contributed by atoms with Crippen LogP contribution in [-0.2, 0) is 35.0 Å². The van der Waals surface area contributed by atoms with E-state index in [-0.39, 0.29) is 61.7 Å². The highest BCUT2D eigenvalue weighted by atomic mass is 79.9. The third-order valence-corrected chi connectivity index (χ3v) is 24.6. The lowest BCUT2D eigenvalue weighted by atomic mass is 10.1. The van der Waals surface area contributed by atoms with Crippen molar-refractivity contribution >= 4 is 229 Å². The molecule has 728 valence electrons. The van der Waals surface area contributed by atoms with E-state index in [1.807, 2.05) is 176 Å².